The lowest BCUT2D eigenvalue weighted by molar-refractivity contribution is 0.341. The van der Waals surface area contributed by atoms with Crippen LogP contribution in [0.1, 0.15) is 26.7 Å². The van der Waals surface area contributed by atoms with Gasteiger partial charge in [-0.15, -0.1) is 0 Å². The second kappa shape index (κ2) is 6.24. The molecule has 0 saturated heterocycles. The molecule has 0 radical (unpaired) electrons. The maximum Gasteiger partial charge on any atom is 0.246 e. The first kappa shape index (κ1) is 15.5. The van der Waals surface area contributed by atoms with Crippen LogP contribution in [-0.2, 0) is 16.6 Å². The fraction of sp³-hybridized carbons (Fsp3) is 0.769. The molecule has 7 heteroatoms. The van der Waals surface area contributed by atoms with Gasteiger partial charge in [0.2, 0.25) is 10.0 Å². The van der Waals surface area contributed by atoms with Gasteiger partial charge in [0.25, 0.3) is 0 Å². The lowest BCUT2D eigenvalue weighted by Gasteiger charge is -2.25. The van der Waals surface area contributed by atoms with Crippen molar-refractivity contribution in [2.24, 2.45) is 5.92 Å². The highest BCUT2D eigenvalue weighted by molar-refractivity contribution is 7.89. The van der Waals surface area contributed by atoms with Gasteiger partial charge in [0.1, 0.15) is 4.90 Å². The SMILES string of the molecule is CNCCn1cc(S(=O)(=O)N(CC2CC2)C(C)C)cn1. The number of nitrogens with one attached hydrogen (secondary N) is 1. The average molecular weight is 300 g/mol. The van der Waals surface area contributed by atoms with E-state index in [1.807, 2.05) is 20.9 Å². The summed E-state index contributed by atoms with van der Waals surface area (Å²) in [6.07, 6.45) is 5.35. The van der Waals surface area contributed by atoms with Crippen molar-refractivity contribution in [3.63, 3.8) is 0 Å². The van der Waals surface area contributed by atoms with Gasteiger partial charge in [-0.2, -0.15) is 9.40 Å². The van der Waals surface area contributed by atoms with Crippen molar-refractivity contribution in [3.05, 3.63) is 12.4 Å². The molecule has 114 valence electrons. The average Bonchev–Trinajstić information content (AvgIpc) is 3.08. The molecule has 0 aromatic carbocycles. The summed E-state index contributed by atoms with van der Waals surface area (Å²) in [7, 11) is -1.57. The predicted octanol–water partition coefficient (Wildman–Crippen LogP) is 0.912. The van der Waals surface area contributed by atoms with E-state index in [9.17, 15) is 8.42 Å². The van der Waals surface area contributed by atoms with Gasteiger partial charge in [0.15, 0.2) is 0 Å². The van der Waals surface area contributed by atoms with Crippen LogP contribution in [-0.4, -0.2) is 48.7 Å². The third-order valence-electron chi connectivity index (χ3n) is 3.52. The zero-order valence-corrected chi connectivity index (χ0v) is 13.2. The molecule has 0 aliphatic heterocycles. The van der Waals surface area contributed by atoms with Gasteiger partial charge in [-0.25, -0.2) is 8.42 Å². The van der Waals surface area contributed by atoms with Crippen molar-refractivity contribution in [1.29, 1.82) is 0 Å². The van der Waals surface area contributed by atoms with Crippen molar-refractivity contribution in [2.75, 3.05) is 20.1 Å². The molecule has 0 spiro atoms. The van der Waals surface area contributed by atoms with Crippen LogP contribution in [0.15, 0.2) is 17.3 Å². The summed E-state index contributed by atoms with van der Waals surface area (Å²) in [5.41, 5.74) is 0. The Hall–Kier alpha value is -0.920. The number of rotatable bonds is 8. The normalized spacial score (nSPS) is 16.2. The van der Waals surface area contributed by atoms with E-state index in [1.165, 1.54) is 6.20 Å². The minimum Gasteiger partial charge on any atom is -0.318 e. The van der Waals surface area contributed by atoms with Crippen LogP contribution in [0.3, 0.4) is 0 Å². The van der Waals surface area contributed by atoms with Gasteiger partial charge in [-0.1, -0.05) is 0 Å². The Morgan fingerprint density at radius 1 is 1.50 bits per heavy atom. The molecule has 6 nitrogen and oxygen atoms in total. The van der Waals surface area contributed by atoms with Crippen LogP contribution in [0.4, 0.5) is 0 Å². The molecule has 20 heavy (non-hydrogen) atoms. The van der Waals surface area contributed by atoms with E-state index >= 15 is 0 Å². The maximum atomic E-state index is 12.7. The fourth-order valence-corrected chi connectivity index (χ4v) is 3.77. The third-order valence-corrected chi connectivity index (χ3v) is 5.51. The molecule has 1 saturated carbocycles. The van der Waals surface area contributed by atoms with Crippen molar-refractivity contribution in [3.8, 4) is 0 Å². The van der Waals surface area contributed by atoms with E-state index in [-0.39, 0.29) is 6.04 Å². The number of likely N-dealkylation sites (N-methyl/N-ethyl adjacent to an activating group) is 1. The van der Waals surface area contributed by atoms with Gasteiger partial charge in [0, 0.05) is 25.3 Å². The molecule has 0 unspecified atom stereocenters. The lowest BCUT2D eigenvalue weighted by Crippen LogP contribution is -2.38. The second-order valence-electron chi connectivity index (χ2n) is 5.65. The summed E-state index contributed by atoms with van der Waals surface area (Å²) in [6.45, 7) is 5.89. The van der Waals surface area contributed by atoms with Crippen LogP contribution in [0.25, 0.3) is 0 Å². The first-order chi connectivity index (χ1) is 9.45. The summed E-state index contributed by atoms with van der Waals surface area (Å²) >= 11 is 0. The molecule has 1 heterocycles. The number of nitrogens with zero attached hydrogens (tertiary/aromatic N) is 3. The summed E-state index contributed by atoms with van der Waals surface area (Å²) in [5, 5.41) is 7.15. The van der Waals surface area contributed by atoms with E-state index in [0.29, 0.717) is 23.9 Å². The maximum absolute atomic E-state index is 12.7. The monoisotopic (exact) mass is 300 g/mol. The smallest absolute Gasteiger partial charge is 0.246 e. The van der Waals surface area contributed by atoms with Gasteiger partial charge in [0.05, 0.1) is 12.7 Å². The van der Waals surface area contributed by atoms with Crippen molar-refractivity contribution in [1.82, 2.24) is 19.4 Å². The number of sulfonamides is 1. The third kappa shape index (κ3) is 3.59. The Labute approximate surface area is 121 Å². The quantitative estimate of drug-likeness (QED) is 0.775. The predicted molar refractivity (Wildman–Crippen MR) is 77.9 cm³/mol. The standard InChI is InChI=1S/C13H24N4O2S/c1-11(2)17(9-12-4-5-12)20(18,19)13-8-15-16(10-13)7-6-14-3/h8,10-12,14H,4-7,9H2,1-3H3. The largest absolute Gasteiger partial charge is 0.318 e. The summed E-state index contributed by atoms with van der Waals surface area (Å²) in [5.74, 6) is 0.534. The molecule has 1 N–H and O–H groups in total. The first-order valence-electron chi connectivity index (χ1n) is 7.14. The highest BCUT2D eigenvalue weighted by Crippen LogP contribution is 2.32. The highest BCUT2D eigenvalue weighted by atomic mass is 32.2. The molecular formula is C13H24N4O2S. The van der Waals surface area contributed by atoms with Crippen LogP contribution >= 0.6 is 0 Å². The highest BCUT2D eigenvalue weighted by Gasteiger charge is 2.33. The molecule has 1 fully saturated rings. The minimum atomic E-state index is -3.43. The van der Waals surface area contributed by atoms with Gasteiger partial charge in [-0.05, 0) is 39.7 Å². The second-order valence-corrected chi connectivity index (χ2v) is 7.55. The number of aromatic nitrogens is 2. The molecule has 1 aliphatic carbocycles. The van der Waals surface area contributed by atoms with Crippen LogP contribution in [0.5, 0.6) is 0 Å². The van der Waals surface area contributed by atoms with Crippen molar-refractivity contribution < 1.29 is 8.42 Å². The van der Waals surface area contributed by atoms with E-state index in [1.54, 1.807) is 15.2 Å². The molecule has 1 aromatic heterocycles. The van der Waals surface area contributed by atoms with Crippen LogP contribution in [0, 0.1) is 5.92 Å². The van der Waals surface area contributed by atoms with E-state index in [0.717, 1.165) is 19.4 Å². The van der Waals surface area contributed by atoms with Gasteiger partial charge < -0.3 is 5.32 Å². The summed E-state index contributed by atoms with van der Waals surface area (Å²) < 4.78 is 28.6. The van der Waals surface area contributed by atoms with E-state index in [2.05, 4.69) is 10.4 Å². The minimum absolute atomic E-state index is 0.0266. The Morgan fingerprint density at radius 3 is 2.75 bits per heavy atom. The Kier molecular flexibility index (Phi) is 4.82. The summed E-state index contributed by atoms with van der Waals surface area (Å²) in [4.78, 5) is 0.294. The number of hydrogen-bond acceptors (Lipinski definition) is 4. The van der Waals surface area contributed by atoms with Crippen molar-refractivity contribution in [2.45, 2.75) is 44.2 Å². The molecule has 0 atom stereocenters. The summed E-state index contributed by atoms with van der Waals surface area (Å²) in [6, 6.07) is -0.0266. The topological polar surface area (TPSA) is 67.2 Å². The molecular weight excluding hydrogens is 276 g/mol. The van der Waals surface area contributed by atoms with E-state index < -0.39 is 10.0 Å². The Morgan fingerprint density at radius 2 is 2.20 bits per heavy atom. The zero-order chi connectivity index (χ0) is 14.8. The van der Waals surface area contributed by atoms with Crippen LogP contribution < -0.4 is 5.32 Å². The zero-order valence-electron chi connectivity index (χ0n) is 12.4. The fourth-order valence-electron chi connectivity index (χ4n) is 2.10. The number of hydrogen-bond donors (Lipinski definition) is 1. The van der Waals surface area contributed by atoms with Gasteiger partial charge >= 0.3 is 0 Å². The molecule has 2 rings (SSSR count). The van der Waals surface area contributed by atoms with Gasteiger partial charge in [-0.3, -0.25) is 4.68 Å². The Bertz CT molecular complexity index is 534. The van der Waals surface area contributed by atoms with Crippen LogP contribution in [0.2, 0.25) is 0 Å². The molecule has 1 aliphatic rings. The lowest BCUT2D eigenvalue weighted by atomic mass is 10.3. The molecule has 0 amide bonds. The first-order valence-corrected chi connectivity index (χ1v) is 8.58. The molecule has 1 aromatic rings. The van der Waals surface area contributed by atoms with E-state index in [4.69, 9.17) is 0 Å². The van der Waals surface area contributed by atoms with Crippen molar-refractivity contribution >= 4 is 10.0 Å². The Balaban J connectivity index is 2.16. The molecule has 0 bridgehead atoms.